The zero-order valence-electron chi connectivity index (χ0n) is 20.4. The fraction of sp³-hybridized carbons (Fsp3) is 0.846. The Morgan fingerprint density at radius 1 is 1.10 bits per heavy atom. The summed E-state index contributed by atoms with van der Waals surface area (Å²) in [5, 5.41) is 20.5. The van der Waals surface area contributed by atoms with Gasteiger partial charge in [0.15, 0.2) is 0 Å². The van der Waals surface area contributed by atoms with Gasteiger partial charge in [0.05, 0.1) is 11.4 Å². The first kappa shape index (κ1) is 22.8. The van der Waals surface area contributed by atoms with E-state index in [1.54, 1.807) is 5.57 Å². The fourth-order valence-corrected chi connectivity index (χ4v) is 8.06. The highest BCUT2D eigenvalue weighted by atomic mass is 16.6. The summed E-state index contributed by atoms with van der Waals surface area (Å²) in [6.07, 6.45) is 9.87. The molecule has 4 aliphatic rings. The van der Waals surface area contributed by atoms with Gasteiger partial charge in [0.25, 0.3) is 0 Å². The van der Waals surface area contributed by atoms with Crippen molar-refractivity contribution in [2.24, 2.45) is 44.8 Å². The fourth-order valence-electron chi connectivity index (χ4n) is 8.06. The van der Waals surface area contributed by atoms with E-state index < -0.39 is 5.60 Å². The topological polar surface area (TPSA) is 63.4 Å². The molecule has 0 amide bonds. The number of hydrogen-bond acceptors (Lipinski definition) is 5. The van der Waals surface area contributed by atoms with Crippen molar-refractivity contribution < 1.29 is 14.8 Å². The van der Waals surface area contributed by atoms with E-state index in [9.17, 15) is 5.11 Å². The smallest absolute Gasteiger partial charge is 0.114 e. The van der Waals surface area contributed by atoms with E-state index in [0.717, 1.165) is 43.5 Å². The molecule has 5 nitrogen and oxygen atoms in total. The Labute approximate surface area is 188 Å². The summed E-state index contributed by atoms with van der Waals surface area (Å²) in [6, 6.07) is 0. The van der Waals surface area contributed by atoms with Gasteiger partial charge in [0, 0.05) is 5.41 Å². The molecule has 1 N–H and O–H groups in total. The zero-order chi connectivity index (χ0) is 22.4. The van der Waals surface area contributed by atoms with E-state index in [4.69, 9.17) is 9.68 Å². The molecule has 0 radical (unpaired) electrons. The average Bonchev–Trinajstić information content (AvgIpc) is 3.03. The lowest BCUT2D eigenvalue weighted by Crippen LogP contribution is -2.57. The van der Waals surface area contributed by atoms with Crippen LogP contribution in [0.4, 0.5) is 0 Å². The zero-order valence-corrected chi connectivity index (χ0v) is 20.4. The molecule has 0 aromatic carbocycles. The molecule has 7 unspecified atom stereocenters. The normalized spacial score (nSPS) is 46.1. The lowest BCUT2D eigenvalue weighted by atomic mass is 9.44. The molecule has 31 heavy (non-hydrogen) atoms. The maximum Gasteiger partial charge on any atom is 0.114 e. The molecule has 0 aliphatic heterocycles. The Kier molecular flexibility index (Phi) is 6.04. The van der Waals surface area contributed by atoms with Crippen LogP contribution in [0.3, 0.4) is 0 Å². The van der Waals surface area contributed by atoms with E-state index >= 15 is 0 Å². The quantitative estimate of drug-likeness (QED) is 0.447. The van der Waals surface area contributed by atoms with Crippen LogP contribution < -0.4 is 0 Å². The Hall–Kier alpha value is -1.36. The minimum absolute atomic E-state index is 0.119. The van der Waals surface area contributed by atoms with Crippen LogP contribution in [0.5, 0.6) is 0 Å². The van der Waals surface area contributed by atoms with Crippen molar-refractivity contribution in [1.29, 1.82) is 0 Å². The lowest BCUT2D eigenvalue weighted by Gasteiger charge is -2.60. The summed E-state index contributed by atoms with van der Waals surface area (Å²) in [7, 11) is 0. The summed E-state index contributed by atoms with van der Waals surface area (Å²) in [6.45, 7) is 14.3. The Morgan fingerprint density at radius 2 is 1.81 bits per heavy atom. The third-order valence-electron chi connectivity index (χ3n) is 9.69. The van der Waals surface area contributed by atoms with Crippen molar-refractivity contribution in [2.75, 3.05) is 13.2 Å². The van der Waals surface area contributed by atoms with Crippen molar-refractivity contribution in [3.05, 3.63) is 11.6 Å². The monoisotopic (exact) mass is 430 g/mol. The highest BCUT2D eigenvalue weighted by Crippen LogP contribution is 2.68. The molecule has 3 fully saturated rings. The van der Waals surface area contributed by atoms with E-state index in [1.807, 2.05) is 20.8 Å². The molecular formula is C26H42N2O3. The van der Waals surface area contributed by atoms with Crippen LogP contribution in [-0.4, -0.2) is 35.3 Å². The standard InChI is InChI=1S/C26H42N2O3/c1-7-30-27-18(4)26(29)14-11-22-20-15-17(3)23-16-19(28-31-8-2)9-12-24(23,5)21(20)10-13-25(22,26)6/h16-17,20-22,29H,7-15H2,1-6H3/b27-18+,28-19+. The van der Waals surface area contributed by atoms with Crippen molar-refractivity contribution in [1.82, 2.24) is 0 Å². The van der Waals surface area contributed by atoms with Crippen molar-refractivity contribution >= 4 is 11.4 Å². The molecule has 5 heteroatoms. The van der Waals surface area contributed by atoms with Gasteiger partial charge in [-0.2, -0.15) is 0 Å². The van der Waals surface area contributed by atoms with Gasteiger partial charge in [-0.05, 0) is 101 Å². The minimum atomic E-state index is -0.845. The molecule has 0 saturated heterocycles. The summed E-state index contributed by atoms with van der Waals surface area (Å²) in [5.74, 6) is 2.44. The second-order valence-electron chi connectivity index (χ2n) is 11.0. The maximum absolute atomic E-state index is 11.9. The Balaban J connectivity index is 1.64. The Bertz CT molecular complexity index is 790. The van der Waals surface area contributed by atoms with E-state index in [-0.39, 0.29) is 10.8 Å². The van der Waals surface area contributed by atoms with Gasteiger partial charge < -0.3 is 14.8 Å². The van der Waals surface area contributed by atoms with Gasteiger partial charge in [0.1, 0.15) is 18.8 Å². The van der Waals surface area contributed by atoms with Crippen LogP contribution in [0.1, 0.15) is 86.5 Å². The van der Waals surface area contributed by atoms with Gasteiger partial charge in [-0.15, -0.1) is 0 Å². The van der Waals surface area contributed by atoms with Crippen molar-refractivity contribution in [3.63, 3.8) is 0 Å². The number of hydrogen-bond donors (Lipinski definition) is 1. The van der Waals surface area contributed by atoms with E-state index in [1.165, 1.54) is 12.8 Å². The van der Waals surface area contributed by atoms with Gasteiger partial charge in [-0.1, -0.05) is 36.7 Å². The second kappa shape index (κ2) is 8.20. The van der Waals surface area contributed by atoms with Crippen molar-refractivity contribution in [2.45, 2.75) is 92.1 Å². The number of rotatable bonds is 5. The number of aliphatic hydroxyl groups is 1. The molecule has 3 saturated carbocycles. The van der Waals surface area contributed by atoms with E-state index in [2.05, 4.69) is 37.2 Å². The van der Waals surface area contributed by atoms with Crippen LogP contribution in [-0.2, 0) is 9.68 Å². The van der Waals surface area contributed by atoms with Crippen LogP contribution in [0, 0.1) is 34.5 Å². The third-order valence-corrected chi connectivity index (χ3v) is 9.69. The highest BCUT2D eigenvalue weighted by molar-refractivity contribution is 5.96. The first-order valence-electron chi connectivity index (χ1n) is 12.5. The van der Waals surface area contributed by atoms with Crippen LogP contribution in [0.25, 0.3) is 0 Å². The third kappa shape index (κ3) is 3.37. The predicted octanol–water partition coefficient (Wildman–Crippen LogP) is 5.73. The molecule has 7 atom stereocenters. The molecule has 0 aromatic heterocycles. The van der Waals surface area contributed by atoms with Gasteiger partial charge in [0.2, 0.25) is 0 Å². The van der Waals surface area contributed by atoms with Gasteiger partial charge in [-0.3, -0.25) is 0 Å². The number of nitrogens with zero attached hydrogens (tertiary/aromatic N) is 2. The number of fused-ring (bicyclic) bond motifs is 5. The number of oxime groups is 2. The minimum Gasteiger partial charge on any atom is -0.396 e. The van der Waals surface area contributed by atoms with Gasteiger partial charge in [-0.25, -0.2) is 0 Å². The Morgan fingerprint density at radius 3 is 2.52 bits per heavy atom. The molecule has 4 rings (SSSR count). The summed E-state index contributed by atoms with van der Waals surface area (Å²) >= 11 is 0. The molecule has 4 aliphatic carbocycles. The molecule has 0 spiro atoms. The summed E-state index contributed by atoms with van der Waals surface area (Å²) in [5.41, 5.74) is 2.74. The second-order valence-corrected chi connectivity index (χ2v) is 11.0. The summed E-state index contributed by atoms with van der Waals surface area (Å²) in [4.78, 5) is 10.7. The molecular weight excluding hydrogens is 388 g/mol. The predicted molar refractivity (Wildman–Crippen MR) is 125 cm³/mol. The van der Waals surface area contributed by atoms with E-state index in [0.29, 0.717) is 36.9 Å². The van der Waals surface area contributed by atoms with Crippen molar-refractivity contribution in [3.8, 4) is 0 Å². The molecule has 174 valence electrons. The molecule has 0 heterocycles. The first-order valence-corrected chi connectivity index (χ1v) is 12.5. The average molecular weight is 431 g/mol. The highest BCUT2D eigenvalue weighted by Gasteiger charge is 2.65. The largest absolute Gasteiger partial charge is 0.396 e. The maximum atomic E-state index is 11.9. The molecule has 0 aromatic rings. The first-order chi connectivity index (χ1) is 14.7. The lowest BCUT2D eigenvalue weighted by molar-refractivity contribution is -0.101. The SMILES string of the molecule is CCO/N=C1/C=C2C(C)CC3C(CCC4(C)C3CCC4(O)/C(C)=N/OCC)C2(C)CC1. The van der Waals surface area contributed by atoms with Crippen LogP contribution in [0.2, 0.25) is 0 Å². The number of allylic oxidation sites excluding steroid dienone is 2. The van der Waals surface area contributed by atoms with Crippen LogP contribution >= 0.6 is 0 Å². The van der Waals surface area contributed by atoms with Gasteiger partial charge >= 0.3 is 0 Å². The molecule has 0 bridgehead atoms. The van der Waals surface area contributed by atoms with Crippen LogP contribution in [0.15, 0.2) is 22.0 Å². The summed E-state index contributed by atoms with van der Waals surface area (Å²) < 4.78 is 0.